The monoisotopic (exact) mass is 486 g/mol. The van der Waals surface area contributed by atoms with E-state index in [1.807, 2.05) is 36.4 Å². The molecular weight excluding hydrogens is 449 g/mol. The normalized spacial score (nSPS) is 16.0. The molecule has 2 nitrogen and oxygen atoms in total. The molecule has 1 aliphatic heterocycles. The lowest BCUT2D eigenvalue weighted by atomic mass is 9.83. The van der Waals surface area contributed by atoms with Crippen LogP contribution in [-0.4, -0.2) is 22.1 Å². The maximum atomic E-state index is 16.5. The first-order chi connectivity index (χ1) is 16.5. The van der Waals surface area contributed by atoms with Gasteiger partial charge in [-0.15, -0.1) is 0 Å². The van der Waals surface area contributed by atoms with Gasteiger partial charge in [-0.3, -0.25) is 0 Å². The fourth-order valence-electron chi connectivity index (χ4n) is 5.29. The second kappa shape index (κ2) is 7.53. The second-order valence-electron chi connectivity index (χ2n) is 13.5. The van der Waals surface area contributed by atoms with Crippen LogP contribution in [0.5, 0.6) is 0 Å². The number of fused-ring (bicyclic) bond motifs is 3. The largest absolute Gasteiger partial charge is 0.737 e. The number of benzene rings is 3. The Hall–Kier alpha value is -2.95. The van der Waals surface area contributed by atoms with Crippen LogP contribution < -0.4 is 0 Å². The number of rotatable bonds is 1. The summed E-state index contributed by atoms with van der Waals surface area (Å²) in [4.78, 5) is 0. The summed E-state index contributed by atoms with van der Waals surface area (Å²) in [5.74, 6) is 0. The summed E-state index contributed by atoms with van der Waals surface area (Å²) < 4.78 is 35.5. The average Bonchev–Trinajstić information content (AvgIpc) is 3.10. The Balaban J connectivity index is 1.84. The molecule has 3 aromatic carbocycles. The van der Waals surface area contributed by atoms with Crippen molar-refractivity contribution >= 4 is 40.7 Å². The zero-order valence-electron chi connectivity index (χ0n) is 23.0. The quantitative estimate of drug-likeness (QED) is 0.238. The van der Waals surface area contributed by atoms with Crippen LogP contribution in [0.1, 0.15) is 84.6 Å². The molecule has 0 amide bonds. The van der Waals surface area contributed by atoms with Crippen molar-refractivity contribution in [2.75, 3.05) is 0 Å². The van der Waals surface area contributed by atoms with Crippen LogP contribution in [0.2, 0.25) is 0 Å². The fourth-order valence-corrected chi connectivity index (χ4v) is 5.29. The van der Waals surface area contributed by atoms with E-state index in [9.17, 15) is 0 Å². The predicted molar refractivity (Wildman–Crippen MR) is 150 cm³/mol. The van der Waals surface area contributed by atoms with Gasteiger partial charge in [0, 0.05) is 33.9 Å². The third-order valence-corrected chi connectivity index (χ3v) is 7.61. The van der Waals surface area contributed by atoms with E-state index >= 15 is 8.63 Å². The van der Waals surface area contributed by atoms with Crippen molar-refractivity contribution in [3.05, 3.63) is 76.9 Å². The molecule has 0 atom stereocenters. The van der Waals surface area contributed by atoms with Crippen LogP contribution in [0.25, 0.3) is 21.8 Å². The Labute approximate surface area is 213 Å². The van der Waals surface area contributed by atoms with E-state index in [1.54, 1.807) is 6.21 Å². The molecule has 0 radical (unpaired) electrons. The summed E-state index contributed by atoms with van der Waals surface area (Å²) in [7, 11) is 0. The number of aromatic nitrogens is 1. The topological polar surface area (TPSA) is 7.94 Å². The van der Waals surface area contributed by atoms with Crippen LogP contribution in [0.15, 0.2) is 54.6 Å². The maximum absolute atomic E-state index is 16.5. The van der Waals surface area contributed by atoms with Crippen molar-refractivity contribution < 1.29 is 13.1 Å². The van der Waals surface area contributed by atoms with Crippen LogP contribution in [0.4, 0.5) is 14.3 Å². The molecule has 2 heterocycles. The Bertz CT molecular complexity index is 1540. The summed E-state index contributed by atoms with van der Waals surface area (Å²) >= 11 is 0. The minimum absolute atomic E-state index is 0.0421. The van der Waals surface area contributed by atoms with Crippen molar-refractivity contribution in [2.24, 2.45) is 0 Å². The van der Waals surface area contributed by atoms with E-state index in [4.69, 9.17) is 0 Å². The van der Waals surface area contributed by atoms with Crippen molar-refractivity contribution in [3.63, 3.8) is 0 Å². The van der Waals surface area contributed by atoms with Gasteiger partial charge in [-0.05, 0) is 57.2 Å². The number of hydrogen-bond acceptors (Lipinski definition) is 0. The number of halogens is 2. The third-order valence-electron chi connectivity index (χ3n) is 7.61. The summed E-state index contributed by atoms with van der Waals surface area (Å²) in [5.41, 5.74) is 5.72. The number of hydrogen-bond donors (Lipinski definition) is 0. The molecule has 5 heteroatoms. The first-order valence-corrected chi connectivity index (χ1v) is 12.9. The zero-order chi connectivity index (χ0) is 26.4. The molecule has 0 spiro atoms. The standard InChI is InChI=1S/C31H37BF2N2/c1-29(2,3)21-10-13-24(14-11-21)35-19-20-16-23(31(7,8)9)18-26-25-17-22(30(4,5)6)12-15-27(25)36(28(20)26)32(35,33)34/h10-19H,1-9H3. The molecule has 188 valence electrons. The van der Waals surface area contributed by atoms with E-state index < -0.39 is 6.97 Å². The molecule has 0 fully saturated rings. The molecule has 0 unspecified atom stereocenters. The van der Waals surface area contributed by atoms with E-state index in [-0.39, 0.29) is 16.2 Å². The van der Waals surface area contributed by atoms with Gasteiger partial charge < -0.3 is 17.6 Å². The summed E-state index contributed by atoms with van der Waals surface area (Å²) in [6.45, 7) is 15.3. The zero-order valence-corrected chi connectivity index (χ0v) is 23.0. The summed E-state index contributed by atoms with van der Waals surface area (Å²) in [5, 5.41) is 1.80. The van der Waals surface area contributed by atoms with E-state index in [2.05, 4.69) is 80.5 Å². The highest BCUT2D eigenvalue weighted by Crippen LogP contribution is 2.42. The second-order valence-corrected chi connectivity index (χ2v) is 13.5. The third kappa shape index (κ3) is 3.79. The molecule has 1 aromatic heterocycles. The van der Waals surface area contributed by atoms with E-state index in [0.717, 1.165) is 33.0 Å². The van der Waals surface area contributed by atoms with E-state index in [0.29, 0.717) is 16.7 Å². The predicted octanol–water partition coefficient (Wildman–Crippen LogP) is 8.69. The highest BCUT2D eigenvalue weighted by molar-refractivity contribution is 6.60. The fraction of sp³-hybridized carbons (Fsp3) is 0.387. The lowest BCUT2D eigenvalue weighted by Crippen LogP contribution is -2.47. The molecule has 0 saturated carbocycles. The Kier molecular flexibility index (Phi) is 5.18. The van der Waals surface area contributed by atoms with Crippen LogP contribution in [0, 0.1) is 0 Å². The van der Waals surface area contributed by atoms with Crippen molar-refractivity contribution in [1.29, 1.82) is 0 Å². The maximum Gasteiger partial charge on any atom is 0.737 e. The van der Waals surface area contributed by atoms with Crippen molar-refractivity contribution in [1.82, 2.24) is 4.48 Å². The van der Waals surface area contributed by atoms with Crippen LogP contribution in [-0.2, 0) is 16.2 Å². The molecule has 0 saturated heterocycles. The molecule has 1 aliphatic rings. The average molecular weight is 486 g/mol. The van der Waals surface area contributed by atoms with Crippen molar-refractivity contribution in [2.45, 2.75) is 78.6 Å². The van der Waals surface area contributed by atoms with Gasteiger partial charge in [-0.1, -0.05) is 80.5 Å². The van der Waals surface area contributed by atoms with Gasteiger partial charge in [0.05, 0.1) is 5.56 Å². The van der Waals surface area contributed by atoms with Crippen LogP contribution in [0.3, 0.4) is 0 Å². The molecule has 0 N–H and O–H groups in total. The Morgan fingerprint density at radius 2 is 1.17 bits per heavy atom. The highest BCUT2D eigenvalue weighted by atomic mass is 19.2. The Morgan fingerprint density at radius 1 is 0.639 bits per heavy atom. The van der Waals surface area contributed by atoms with Gasteiger partial charge in [-0.2, -0.15) is 0 Å². The SMILES string of the molecule is CC(C)(C)c1ccc([N+]2=Cc3cc(C(C)(C)C)cc4c5cc(C(C)(C)C)ccc5n(c34)[B-]2(F)F)cc1. The molecule has 0 aliphatic carbocycles. The Morgan fingerprint density at radius 3 is 1.72 bits per heavy atom. The van der Waals surface area contributed by atoms with Gasteiger partial charge in [0.25, 0.3) is 0 Å². The van der Waals surface area contributed by atoms with Crippen LogP contribution >= 0.6 is 0 Å². The molecule has 0 bridgehead atoms. The molecule has 36 heavy (non-hydrogen) atoms. The molecule has 4 aromatic rings. The number of nitrogens with zero attached hydrogens (tertiary/aromatic N) is 2. The lowest BCUT2D eigenvalue weighted by Gasteiger charge is -2.30. The van der Waals surface area contributed by atoms with E-state index in [1.165, 1.54) is 8.96 Å². The first-order valence-electron chi connectivity index (χ1n) is 12.9. The minimum Gasteiger partial charge on any atom is -0.389 e. The van der Waals surface area contributed by atoms with Crippen molar-refractivity contribution in [3.8, 4) is 0 Å². The van der Waals surface area contributed by atoms with Gasteiger partial charge >= 0.3 is 6.97 Å². The van der Waals surface area contributed by atoms with Gasteiger partial charge in [0.1, 0.15) is 6.21 Å². The van der Waals surface area contributed by atoms with Gasteiger partial charge in [0.15, 0.2) is 5.69 Å². The smallest absolute Gasteiger partial charge is 0.389 e. The molecular formula is C31H37BF2N2. The highest BCUT2D eigenvalue weighted by Gasteiger charge is 2.49. The molecule has 5 rings (SSSR count). The first kappa shape index (κ1) is 24.7. The summed E-state index contributed by atoms with van der Waals surface area (Å²) in [6.07, 6.45) is 1.66. The van der Waals surface area contributed by atoms with Gasteiger partial charge in [-0.25, -0.2) is 0 Å². The minimum atomic E-state index is -4.10. The van der Waals surface area contributed by atoms with Gasteiger partial charge in [0.2, 0.25) is 0 Å². The lowest BCUT2D eigenvalue weighted by molar-refractivity contribution is -0.325. The summed E-state index contributed by atoms with van der Waals surface area (Å²) in [6, 6.07) is 17.8.